The normalized spacial score (nSPS) is 17.1. The van der Waals surface area contributed by atoms with Crippen molar-refractivity contribution in [1.29, 1.82) is 0 Å². The molecule has 0 aromatic heterocycles. The SMILES string of the molecule is CNS(=O)(=O)c1ccc(C(=O)NCC2CCN(c3cccc(Br)c3)C2)cc1. The van der Waals surface area contributed by atoms with E-state index >= 15 is 0 Å². The van der Waals surface area contributed by atoms with Crippen LogP contribution in [0, 0.1) is 5.92 Å². The van der Waals surface area contributed by atoms with E-state index < -0.39 is 10.0 Å². The third kappa shape index (κ3) is 4.88. The summed E-state index contributed by atoms with van der Waals surface area (Å²) in [6.07, 6.45) is 1.02. The fourth-order valence-electron chi connectivity index (χ4n) is 3.15. The second-order valence-electron chi connectivity index (χ2n) is 6.52. The number of nitrogens with one attached hydrogen (secondary N) is 2. The van der Waals surface area contributed by atoms with Gasteiger partial charge in [-0.25, -0.2) is 13.1 Å². The van der Waals surface area contributed by atoms with Gasteiger partial charge in [0.2, 0.25) is 10.0 Å². The molecule has 1 saturated heterocycles. The van der Waals surface area contributed by atoms with Crippen LogP contribution in [0.25, 0.3) is 0 Å². The minimum Gasteiger partial charge on any atom is -0.371 e. The lowest BCUT2D eigenvalue weighted by Gasteiger charge is -2.19. The monoisotopic (exact) mass is 451 g/mol. The Morgan fingerprint density at radius 2 is 1.96 bits per heavy atom. The van der Waals surface area contributed by atoms with Crippen LogP contribution < -0.4 is 14.9 Å². The van der Waals surface area contributed by atoms with Crippen LogP contribution in [-0.4, -0.2) is 41.0 Å². The quantitative estimate of drug-likeness (QED) is 0.707. The zero-order chi connectivity index (χ0) is 19.4. The molecule has 1 aliphatic rings. The summed E-state index contributed by atoms with van der Waals surface area (Å²) < 4.78 is 26.8. The third-order valence-corrected chi connectivity index (χ3v) is 6.63. The van der Waals surface area contributed by atoms with Gasteiger partial charge >= 0.3 is 0 Å². The van der Waals surface area contributed by atoms with E-state index in [1.165, 1.54) is 37.0 Å². The molecule has 1 atom stereocenters. The Balaban J connectivity index is 1.54. The molecule has 8 heteroatoms. The van der Waals surface area contributed by atoms with E-state index in [0.717, 1.165) is 24.0 Å². The first-order chi connectivity index (χ1) is 12.9. The van der Waals surface area contributed by atoms with Crippen LogP contribution in [0.5, 0.6) is 0 Å². The van der Waals surface area contributed by atoms with Gasteiger partial charge in [0.1, 0.15) is 0 Å². The van der Waals surface area contributed by atoms with Crippen LogP contribution in [0.2, 0.25) is 0 Å². The number of sulfonamides is 1. The van der Waals surface area contributed by atoms with E-state index in [0.29, 0.717) is 18.0 Å². The molecule has 0 saturated carbocycles. The highest BCUT2D eigenvalue weighted by molar-refractivity contribution is 9.10. The molecule has 1 fully saturated rings. The predicted molar refractivity (Wildman–Crippen MR) is 109 cm³/mol. The molecule has 3 rings (SSSR count). The Morgan fingerprint density at radius 3 is 2.63 bits per heavy atom. The fraction of sp³-hybridized carbons (Fsp3) is 0.316. The van der Waals surface area contributed by atoms with Crippen molar-refractivity contribution in [2.24, 2.45) is 5.92 Å². The lowest BCUT2D eigenvalue weighted by Crippen LogP contribution is -2.31. The number of halogens is 1. The number of carbonyl (C=O) groups excluding carboxylic acids is 1. The maximum atomic E-state index is 12.3. The van der Waals surface area contributed by atoms with E-state index in [4.69, 9.17) is 0 Å². The number of amides is 1. The highest BCUT2D eigenvalue weighted by atomic mass is 79.9. The van der Waals surface area contributed by atoms with Crippen LogP contribution in [0.4, 0.5) is 5.69 Å². The number of rotatable bonds is 6. The molecule has 1 amide bonds. The molecular formula is C19H22BrN3O3S. The first-order valence-electron chi connectivity index (χ1n) is 8.71. The van der Waals surface area contributed by atoms with E-state index in [1.807, 2.05) is 12.1 Å². The predicted octanol–water partition coefficient (Wildman–Crippen LogP) is 2.61. The number of carbonyl (C=O) groups is 1. The summed E-state index contributed by atoms with van der Waals surface area (Å²) in [6, 6.07) is 14.1. The zero-order valence-electron chi connectivity index (χ0n) is 15.0. The first kappa shape index (κ1) is 19.9. The van der Waals surface area contributed by atoms with Gasteiger partial charge in [0.05, 0.1) is 4.90 Å². The van der Waals surface area contributed by atoms with Crippen molar-refractivity contribution in [3.05, 3.63) is 58.6 Å². The second-order valence-corrected chi connectivity index (χ2v) is 9.32. The van der Waals surface area contributed by atoms with Crippen molar-refractivity contribution in [1.82, 2.24) is 10.0 Å². The molecule has 6 nitrogen and oxygen atoms in total. The van der Waals surface area contributed by atoms with Crippen molar-refractivity contribution in [3.63, 3.8) is 0 Å². The number of benzene rings is 2. The molecule has 2 N–H and O–H groups in total. The topological polar surface area (TPSA) is 78.5 Å². The minimum atomic E-state index is -3.49. The van der Waals surface area contributed by atoms with Gasteiger partial charge in [-0.1, -0.05) is 22.0 Å². The van der Waals surface area contributed by atoms with Gasteiger partial charge in [0.25, 0.3) is 5.91 Å². The van der Waals surface area contributed by atoms with E-state index in [2.05, 4.69) is 43.0 Å². The number of nitrogens with zero attached hydrogens (tertiary/aromatic N) is 1. The Kier molecular flexibility index (Phi) is 6.18. The second kappa shape index (κ2) is 8.41. The molecule has 2 aromatic rings. The van der Waals surface area contributed by atoms with E-state index in [-0.39, 0.29) is 10.8 Å². The summed E-state index contributed by atoms with van der Waals surface area (Å²) in [7, 11) is -2.14. The summed E-state index contributed by atoms with van der Waals surface area (Å²) in [4.78, 5) is 14.8. The van der Waals surface area contributed by atoms with Gasteiger partial charge in [-0.05, 0) is 61.9 Å². The van der Waals surface area contributed by atoms with Crippen molar-refractivity contribution in [2.45, 2.75) is 11.3 Å². The summed E-state index contributed by atoms with van der Waals surface area (Å²) in [5, 5.41) is 2.96. The van der Waals surface area contributed by atoms with Crippen LogP contribution in [-0.2, 0) is 10.0 Å². The molecule has 1 heterocycles. The lowest BCUT2D eigenvalue weighted by atomic mass is 10.1. The average Bonchev–Trinajstić information content (AvgIpc) is 3.15. The molecule has 2 aromatic carbocycles. The first-order valence-corrected chi connectivity index (χ1v) is 11.0. The molecule has 0 bridgehead atoms. The van der Waals surface area contributed by atoms with Crippen LogP contribution in [0.1, 0.15) is 16.8 Å². The lowest BCUT2D eigenvalue weighted by molar-refractivity contribution is 0.0948. The highest BCUT2D eigenvalue weighted by Gasteiger charge is 2.23. The van der Waals surface area contributed by atoms with Gasteiger partial charge < -0.3 is 10.2 Å². The molecule has 1 aliphatic heterocycles. The van der Waals surface area contributed by atoms with Gasteiger partial charge in [0, 0.05) is 35.4 Å². The third-order valence-electron chi connectivity index (χ3n) is 4.71. The maximum Gasteiger partial charge on any atom is 0.251 e. The summed E-state index contributed by atoms with van der Waals surface area (Å²) >= 11 is 3.50. The molecular weight excluding hydrogens is 430 g/mol. The number of hydrogen-bond acceptors (Lipinski definition) is 4. The van der Waals surface area contributed by atoms with E-state index in [9.17, 15) is 13.2 Å². The highest BCUT2D eigenvalue weighted by Crippen LogP contribution is 2.26. The molecule has 27 heavy (non-hydrogen) atoms. The van der Waals surface area contributed by atoms with Gasteiger partial charge in [-0.3, -0.25) is 4.79 Å². The largest absolute Gasteiger partial charge is 0.371 e. The fourth-order valence-corrected chi connectivity index (χ4v) is 4.27. The van der Waals surface area contributed by atoms with Crippen molar-refractivity contribution in [3.8, 4) is 0 Å². The van der Waals surface area contributed by atoms with E-state index in [1.54, 1.807) is 0 Å². The van der Waals surface area contributed by atoms with Crippen LogP contribution in [0.15, 0.2) is 57.9 Å². The van der Waals surface area contributed by atoms with Crippen molar-refractivity contribution >= 4 is 37.5 Å². The molecule has 1 unspecified atom stereocenters. The Labute approximate surface area is 168 Å². The van der Waals surface area contributed by atoms with Crippen LogP contribution in [0.3, 0.4) is 0 Å². The molecule has 0 aliphatic carbocycles. The smallest absolute Gasteiger partial charge is 0.251 e. The Bertz CT molecular complexity index is 916. The van der Waals surface area contributed by atoms with Crippen LogP contribution >= 0.6 is 15.9 Å². The molecule has 0 spiro atoms. The number of hydrogen-bond donors (Lipinski definition) is 2. The maximum absolute atomic E-state index is 12.3. The standard InChI is InChI=1S/C19H22BrN3O3S/c1-21-27(25,26)18-7-5-15(6-8-18)19(24)22-12-14-9-10-23(13-14)17-4-2-3-16(20)11-17/h2-8,11,14,21H,9-10,12-13H2,1H3,(H,22,24). The average molecular weight is 452 g/mol. The van der Waals surface area contributed by atoms with Gasteiger partial charge in [0.15, 0.2) is 0 Å². The molecule has 0 radical (unpaired) electrons. The van der Waals surface area contributed by atoms with Crippen molar-refractivity contribution in [2.75, 3.05) is 31.6 Å². The van der Waals surface area contributed by atoms with Crippen molar-refractivity contribution < 1.29 is 13.2 Å². The van der Waals surface area contributed by atoms with Gasteiger partial charge in [-0.15, -0.1) is 0 Å². The molecule has 144 valence electrons. The minimum absolute atomic E-state index is 0.141. The zero-order valence-corrected chi connectivity index (χ0v) is 17.4. The Morgan fingerprint density at radius 1 is 1.22 bits per heavy atom. The summed E-state index contributed by atoms with van der Waals surface area (Å²) in [5.41, 5.74) is 1.63. The summed E-state index contributed by atoms with van der Waals surface area (Å²) in [6.45, 7) is 2.46. The summed E-state index contributed by atoms with van der Waals surface area (Å²) in [5.74, 6) is 0.196. The van der Waals surface area contributed by atoms with Gasteiger partial charge in [-0.2, -0.15) is 0 Å². The number of anilines is 1. The Hall–Kier alpha value is -1.90.